The molecule has 1 amide bonds. The summed E-state index contributed by atoms with van der Waals surface area (Å²) in [5.41, 5.74) is 5.48. The van der Waals surface area contributed by atoms with Gasteiger partial charge in [-0.3, -0.25) is 4.79 Å². The van der Waals surface area contributed by atoms with E-state index in [1.54, 1.807) is 0 Å². The number of carbonyl (C=O) groups is 1. The van der Waals surface area contributed by atoms with E-state index in [0.717, 1.165) is 13.0 Å². The Bertz CT molecular complexity index is 183. The van der Waals surface area contributed by atoms with Crippen molar-refractivity contribution in [2.75, 3.05) is 20.1 Å². The number of nitrogens with zero attached hydrogens (tertiary/aromatic N) is 1. The van der Waals surface area contributed by atoms with E-state index in [9.17, 15) is 4.79 Å². The lowest BCUT2D eigenvalue weighted by atomic mass is 10.2. The quantitative estimate of drug-likeness (QED) is 0.653. The summed E-state index contributed by atoms with van der Waals surface area (Å²) in [5, 5.41) is 2.88. The van der Waals surface area contributed by atoms with Gasteiger partial charge in [-0.1, -0.05) is 0 Å². The number of amides is 1. The van der Waals surface area contributed by atoms with Crippen molar-refractivity contribution in [3.05, 3.63) is 0 Å². The lowest BCUT2D eigenvalue weighted by Crippen LogP contribution is -2.36. The highest BCUT2D eigenvalue weighted by Gasteiger charge is 2.10. The molecule has 0 aromatic heterocycles. The third-order valence-electron chi connectivity index (χ3n) is 2.48. The van der Waals surface area contributed by atoms with Gasteiger partial charge in [0.2, 0.25) is 5.91 Å². The molecule has 0 aliphatic heterocycles. The Morgan fingerprint density at radius 2 is 2.00 bits per heavy atom. The van der Waals surface area contributed by atoms with Crippen LogP contribution in [-0.2, 0) is 4.79 Å². The molecular weight excluding hydrogens is 190 g/mol. The van der Waals surface area contributed by atoms with Gasteiger partial charge in [0, 0.05) is 25.0 Å². The zero-order valence-electron chi connectivity index (χ0n) is 10.4. The molecule has 0 fully saturated rings. The fourth-order valence-corrected chi connectivity index (χ4v) is 1.35. The minimum absolute atomic E-state index is 0.122. The minimum Gasteiger partial charge on any atom is -0.354 e. The second-order valence-corrected chi connectivity index (χ2v) is 4.38. The molecule has 90 valence electrons. The van der Waals surface area contributed by atoms with Crippen molar-refractivity contribution in [3.8, 4) is 0 Å². The van der Waals surface area contributed by atoms with Crippen LogP contribution in [0.25, 0.3) is 0 Å². The Balaban J connectivity index is 3.69. The monoisotopic (exact) mass is 215 g/mol. The summed E-state index contributed by atoms with van der Waals surface area (Å²) in [6.45, 7) is 7.56. The first kappa shape index (κ1) is 14.4. The van der Waals surface area contributed by atoms with Gasteiger partial charge < -0.3 is 16.0 Å². The summed E-state index contributed by atoms with van der Waals surface area (Å²) in [7, 11) is 2.03. The van der Waals surface area contributed by atoms with Gasteiger partial charge in [0.05, 0.1) is 0 Å². The van der Waals surface area contributed by atoms with E-state index in [1.807, 2.05) is 20.9 Å². The zero-order valence-corrected chi connectivity index (χ0v) is 10.4. The standard InChI is InChI=1S/C11H25N3O/c1-9(2)13-11(15)6-8-14(4)10(3)5-7-12/h9-10H,5-8,12H2,1-4H3,(H,13,15). The van der Waals surface area contributed by atoms with Gasteiger partial charge in [-0.15, -0.1) is 0 Å². The van der Waals surface area contributed by atoms with E-state index in [1.165, 1.54) is 0 Å². The van der Waals surface area contributed by atoms with E-state index in [-0.39, 0.29) is 11.9 Å². The molecular formula is C11H25N3O. The zero-order chi connectivity index (χ0) is 11.8. The van der Waals surface area contributed by atoms with Gasteiger partial charge in [-0.2, -0.15) is 0 Å². The van der Waals surface area contributed by atoms with Crippen molar-refractivity contribution >= 4 is 5.91 Å². The summed E-state index contributed by atoms with van der Waals surface area (Å²) in [4.78, 5) is 13.5. The normalized spacial score (nSPS) is 13.3. The average Bonchev–Trinajstić information content (AvgIpc) is 2.13. The number of nitrogens with two attached hydrogens (primary N) is 1. The van der Waals surface area contributed by atoms with Crippen molar-refractivity contribution in [3.63, 3.8) is 0 Å². The molecule has 3 N–H and O–H groups in total. The molecule has 1 atom stereocenters. The lowest BCUT2D eigenvalue weighted by molar-refractivity contribution is -0.121. The smallest absolute Gasteiger partial charge is 0.221 e. The van der Waals surface area contributed by atoms with Gasteiger partial charge >= 0.3 is 0 Å². The number of hydrogen-bond donors (Lipinski definition) is 2. The summed E-state index contributed by atoms with van der Waals surface area (Å²) in [6.07, 6.45) is 1.53. The Morgan fingerprint density at radius 3 is 2.47 bits per heavy atom. The molecule has 0 bridgehead atoms. The maximum absolute atomic E-state index is 11.4. The molecule has 4 heteroatoms. The van der Waals surface area contributed by atoms with Gasteiger partial charge in [0.15, 0.2) is 0 Å². The van der Waals surface area contributed by atoms with Crippen molar-refractivity contribution in [2.45, 2.75) is 45.7 Å². The molecule has 15 heavy (non-hydrogen) atoms. The molecule has 0 aromatic rings. The first-order chi connectivity index (χ1) is 6.97. The molecule has 0 aromatic carbocycles. The van der Waals surface area contributed by atoms with Crippen LogP contribution < -0.4 is 11.1 Å². The van der Waals surface area contributed by atoms with Crippen LogP contribution in [0, 0.1) is 0 Å². The Labute approximate surface area is 93.2 Å². The minimum atomic E-state index is 0.122. The second kappa shape index (κ2) is 7.65. The fourth-order valence-electron chi connectivity index (χ4n) is 1.35. The van der Waals surface area contributed by atoms with Gasteiger partial charge in [-0.25, -0.2) is 0 Å². The molecule has 4 nitrogen and oxygen atoms in total. The number of carbonyl (C=O) groups excluding carboxylic acids is 1. The average molecular weight is 215 g/mol. The van der Waals surface area contributed by atoms with E-state index in [4.69, 9.17) is 5.73 Å². The van der Waals surface area contributed by atoms with E-state index in [2.05, 4.69) is 17.1 Å². The molecule has 1 unspecified atom stereocenters. The third-order valence-corrected chi connectivity index (χ3v) is 2.48. The molecule has 0 aliphatic rings. The third kappa shape index (κ3) is 7.33. The Morgan fingerprint density at radius 1 is 1.40 bits per heavy atom. The molecule has 0 radical (unpaired) electrons. The molecule has 0 saturated carbocycles. The molecule has 0 aliphatic carbocycles. The van der Waals surface area contributed by atoms with Crippen LogP contribution in [0.2, 0.25) is 0 Å². The maximum Gasteiger partial charge on any atom is 0.221 e. The van der Waals surface area contributed by atoms with Crippen molar-refractivity contribution in [2.24, 2.45) is 5.73 Å². The van der Waals surface area contributed by atoms with E-state index >= 15 is 0 Å². The highest BCUT2D eigenvalue weighted by atomic mass is 16.1. The van der Waals surface area contributed by atoms with E-state index in [0.29, 0.717) is 19.0 Å². The molecule has 0 saturated heterocycles. The van der Waals surface area contributed by atoms with Crippen LogP contribution in [0.3, 0.4) is 0 Å². The molecule has 0 heterocycles. The molecule has 0 rings (SSSR count). The highest BCUT2D eigenvalue weighted by molar-refractivity contribution is 5.76. The molecule has 0 spiro atoms. The van der Waals surface area contributed by atoms with E-state index < -0.39 is 0 Å². The largest absolute Gasteiger partial charge is 0.354 e. The number of rotatable bonds is 7. The SMILES string of the molecule is CC(C)NC(=O)CCN(C)C(C)CCN. The summed E-state index contributed by atoms with van der Waals surface area (Å²) in [5.74, 6) is 0.122. The Hall–Kier alpha value is -0.610. The fraction of sp³-hybridized carbons (Fsp3) is 0.909. The predicted molar refractivity (Wildman–Crippen MR) is 63.7 cm³/mol. The van der Waals surface area contributed by atoms with Crippen LogP contribution >= 0.6 is 0 Å². The van der Waals surface area contributed by atoms with Gasteiger partial charge in [-0.05, 0) is 40.8 Å². The van der Waals surface area contributed by atoms with Crippen LogP contribution in [-0.4, -0.2) is 43.0 Å². The van der Waals surface area contributed by atoms with Gasteiger partial charge in [0.25, 0.3) is 0 Å². The Kier molecular flexibility index (Phi) is 7.34. The second-order valence-electron chi connectivity index (χ2n) is 4.38. The van der Waals surface area contributed by atoms with Crippen molar-refractivity contribution in [1.29, 1.82) is 0 Å². The highest BCUT2D eigenvalue weighted by Crippen LogP contribution is 2.00. The topological polar surface area (TPSA) is 58.4 Å². The maximum atomic E-state index is 11.4. The first-order valence-corrected chi connectivity index (χ1v) is 5.67. The van der Waals surface area contributed by atoms with Crippen LogP contribution in [0.1, 0.15) is 33.6 Å². The number of hydrogen-bond acceptors (Lipinski definition) is 3. The van der Waals surface area contributed by atoms with Crippen LogP contribution in [0.4, 0.5) is 0 Å². The first-order valence-electron chi connectivity index (χ1n) is 5.67. The lowest BCUT2D eigenvalue weighted by Gasteiger charge is -2.24. The van der Waals surface area contributed by atoms with Gasteiger partial charge in [0.1, 0.15) is 0 Å². The predicted octanol–water partition coefficient (Wildman–Crippen LogP) is 0.570. The summed E-state index contributed by atoms with van der Waals surface area (Å²) >= 11 is 0. The van der Waals surface area contributed by atoms with Crippen molar-refractivity contribution < 1.29 is 4.79 Å². The summed E-state index contributed by atoms with van der Waals surface area (Å²) < 4.78 is 0. The van der Waals surface area contributed by atoms with Crippen LogP contribution in [0.5, 0.6) is 0 Å². The van der Waals surface area contributed by atoms with Crippen molar-refractivity contribution in [1.82, 2.24) is 10.2 Å². The summed E-state index contributed by atoms with van der Waals surface area (Å²) in [6, 6.07) is 0.672. The number of nitrogens with one attached hydrogen (secondary N) is 1. The van der Waals surface area contributed by atoms with Crippen LogP contribution in [0.15, 0.2) is 0 Å².